The zero-order valence-corrected chi connectivity index (χ0v) is 28.3. The lowest BCUT2D eigenvalue weighted by atomic mass is 9.94. The Morgan fingerprint density at radius 3 is 2.53 bits per heavy atom. The maximum absolute atomic E-state index is 14.1. The number of anilines is 2. The van der Waals surface area contributed by atoms with Gasteiger partial charge in [-0.1, -0.05) is 95.7 Å². The van der Waals surface area contributed by atoms with Gasteiger partial charge in [0.1, 0.15) is 6.04 Å². The molecule has 6 rings (SSSR count). The van der Waals surface area contributed by atoms with E-state index in [4.69, 9.17) is 31.2 Å². The predicted octanol–water partition coefficient (Wildman–Crippen LogP) is 8.40. The number of rotatable bonds is 11. The number of methoxy groups -OCH3 is 1. The molecular formula is C37H36ClN5O3S. The summed E-state index contributed by atoms with van der Waals surface area (Å²) in [6.07, 6.45) is 0.766. The van der Waals surface area contributed by atoms with E-state index in [9.17, 15) is 4.79 Å². The number of ether oxygens (including phenoxy) is 2. The molecule has 10 heteroatoms. The third kappa shape index (κ3) is 7.32. The summed E-state index contributed by atoms with van der Waals surface area (Å²) in [6.45, 7) is 6.40. The van der Waals surface area contributed by atoms with Crippen LogP contribution in [0.4, 0.5) is 11.6 Å². The van der Waals surface area contributed by atoms with Crippen LogP contribution in [0.1, 0.15) is 40.8 Å². The van der Waals surface area contributed by atoms with Crippen LogP contribution in [-0.4, -0.2) is 34.4 Å². The zero-order valence-electron chi connectivity index (χ0n) is 26.7. The van der Waals surface area contributed by atoms with E-state index in [0.29, 0.717) is 51.3 Å². The van der Waals surface area contributed by atoms with Gasteiger partial charge in [0.25, 0.3) is 5.91 Å². The van der Waals surface area contributed by atoms with Gasteiger partial charge in [-0.25, -0.2) is 4.68 Å². The first kappa shape index (κ1) is 32.2. The van der Waals surface area contributed by atoms with Crippen molar-refractivity contribution in [1.29, 1.82) is 0 Å². The Bertz CT molecular complexity index is 1940. The second kappa shape index (κ2) is 14.4. The first-order chi connectivity index (χ1) is 22.8. The number of thioether (sulfide) groups is 1. The van der Waals surface area contributed by atoms with Gasteiger partial charge < -0.3 is 20.1 Å². The van der Waals surface area contributed by atoms with Crippen LogP contribution in [-0.2, 0) is 17.0 Å². The van der Waals surface area contributed by atoms with Gasteiger partial charge in [0.2, 0.25) is 11.1 Å². The van der Waals surface area contributed by atoms with E-state index in [1.165, 1.54) is 17.3 Å². The number of halogens is 1. The van der Waals surface area contributed by atoms with Crippen molar-refractivity contribution in [3.63, 3.8) is 0 Å². The highest BCUT2D eigenvalue weighted by atomic mass is 35.5. The van der Waals surface area contributed by atoms with Crippen molar-refractivity contribution in [3.8, 4) is 11.5 Å². The SMILES string of the molecule is COc1cc(C2C(C(=O)Nc3ccc(C)cc3C)=C(C)Nc3nc(SCc4ccccc4Cl)nn32)ccc1OCCc1ccccc1. The van der Waals surface area contributed by atoms with Gasteiger partial charge in [0.15, 0.2) is 11.5 Å². The molecule has 2 heterocycles. The minimum atomic E-state index is -0.591. The summed E-state index contributed by atoms with van der Waals surface area (Å²) in [5, 5.41) is 12.6. The molecule has 8 nitrogen and oxygen atoms in total. The van der Waals surface area contributed by atoms with E-state index in [1.807, 2.05) is 99.6 Å². The maximum atomic E-state index is 14.1. The lowest BCUT2D eigenvalue weighted by Crippen LogP contribution is -2.31. The molecule has 1 unspecified atom stereocenters. The summed E-state index contributed by atoms with van der Waals surface area (Å²) in [5.74, 6) is 2.09. The van der Waals surface area contributed by atoms with Crippen LogP contribution in [0.3, 0.4) is 0 Å². The maximum Gasteiger partial charge on any atom is 0.255 e. The van der Waals surface area contributed by atoms with E-state index in [0.717, 1.165) is 34.4 Å². The van der Waals surface area contributed by atoms with Crippen LogP contribution in [0.25, 0.3) is 0 Å². The molecule has 47 heavy (non-hydrogen) atoms. The van der Waals surface area contributed by atoms with Crippen LogP contribution in [0, 0.1) is 13.8 Å². The molecule has 0 bridgehead atoms. The highest BCUT2D eigenvalue weighted by Crippen LogP contribution is 2.40. The molecule has 5 aromatic rings. The summed E-state index contributed by atoms with van der Waals surface area (Å²) in [5.41, 5.74) is 7.05. The normalized spacial score (nSPS) is 13.9. The van der Waals surface area contributed by atoms with Crippen molar-refractivity contribution in [1.82, 2.24) is 14.8 Å². The van der Waals surface area contributed by atoms with Gasteiger partial charge in [-0.3, -0.25) is 4.79 Å². The van der Waals surface area contributed by atoms with Crippen LogP contribution in [0.5, 0.6) is 11.5 Å². The Morgan fingerprint density at radius 1 is 0.979 bits per heavy atom. The van der Waals surface area contributed by atoms with Gasteiger partial charge in [-0.15, -0.1) is 5.10 Å². The summed E-state index contributed by atoms with van der Waals surface area (Å²) >= 11 is 7.89. The summed E-state index contributed by atoms with van der Waals surface area (Å²) in [4.78, 5) is 18.9. The number of amides is 1. The molecule has 0 spiro atoms. The molecule has 2 N–H and O–H groups in total. The highest BCUT2D eigenvalue weighted by molar-refractivity contribution is 7.98. The number of fused-ring (bicyclic) bond motifs is 1. The molecule has 1 atom stereocenters. The highest BCUT2D eigenvalue weighted by Gasteiger charge is 2.35. The van der Waals surface area contributed by atoms with Crippen LogP contribution >= 0.6 is 23.4 Å². The van der Waals surface area contributed by atoms with E-state index in [1.54, 1.807) is 11.8 Å². The number of carbonyl (C=O) groups excluding carboxylic acids is 1. The van der Waals surface area contributed by atoms with E-state index in [-0.39, 0.29) is 5.91 Å². The Hall–Kier alpha value is -4.73. The molecule has 4 aromatic carbocycles. The molecule has 1 aliphatic heterocycles. The number of nitrogens with zero attached hydrogens (tertiary/aromatic N) is 3. The average Bonchev–Trinajstić information content (AvgIpc) is 3.48. The fourth-order valence-electron chi connectivity index (χ4n) is 5.59. The van der Waals surface area contributed by atoms with Crippen molar-refractivity contribution >= 4 is 40.9 Å². The monoisotopic (exact) mass is 665 g/mol. The van der Waals surface area contributed by atoms with Gasteiger partial charge in [0.05, 0.1) is 19.3 Å². The van der Waals surface area contributed by atoms with E-state index < -0.39 is 6.04 Å². The predicted molar refractivity (Wildman–Crippen MR) is 189 cm³/mol. The zero-order chi connectivity index (χ0) is 32.9. The van der Waals surface area contributed by atoms with Gasteiger partial charge in [-0.2, -0.15) is 4.98 Å². The van der Waals surface area contributed by atoms with Crippen molar-refractivity contribution in [2.45, 2.75) is 44.1 Å². The van der Waals surface area contributed by atoms with Crippen molar-refractivity contribution < 1.29 is 14.3 Å². The second-order valence-electron chi connectivity index (χ2n) is 11.4. The van der Waals surface area contributed by atoms with Crippen LogP contribution in [0.2, 0.25) is 5.02 Å². The molecule has 0 saturated carbocycles. The lowest BCUT2D eigenvalue weighted by molar-refractivity contribution is -0.113. The van der Waals surface area contributed by atoms with Crippen molar-refractivity contribution in [3.05, 3.63) is 135 Å². The number of aryl methyl sites for hydroxylation is 2. The quantitative estimate of drug-likeness (QED) is 0.137. The van der Waals surface area contributed by atoms with E-state index >= 15 is 0 Å². The lowest BCUT2D eigenvalue weighted by Gasteiger charge is -2.29. The van der Waals surface area contributed by atoms with Crippen LogP contribution < -0.4 is 20.1 Å². The summed E-state index contributed by atoms with van der Waals surface area (Å²) in [6, 6.07) is 29.1. The van der Waals surface area contributed by atoms with Gasteiger partial charge in [0, 0.05) is 28.6 Å². The molecule has 1 amide bonds. The summed E-state index contributed by atoms with van der Waals surface area (Å²) in [7, 11) is 1.62. The first-order valence-corrected chi connectivity index (χ1v) is 16.7. The standard InChI is InChI=1S/C37H36ClN5O3S/c1-23-14-16-30(24(2)20-23)40-35(44)33-25(3)39-36-41-37(47-22-28-12-8-9-13-29(28)38)42-43(36)34(33)27-15-17-31(32(21-27)45-4)46-19-18-26-10-6-5-7-11-26/h5-17,20-21,34H,18-19,22H2,1-4H3,(H,40,44)(H,39,41,42). The van der Waals surface area contributed by atoms with Crippen LogP contribution in [0.15, 0.2) is 107 Å². The van der Waals surface area contributed by atoms with Gasteiger partial charge >= 0.3 is 0 Å². The first-order valence-electron chi connectivity index (χ1n) is 15.3. The van der Waals surface area contributed by atoms with Gasteiger partial charge in [-0.05, 0) is 67.3 Å². The number of benzene rings is 4. The molecule has 0 fully saturated rings. The third-order valence-electron chi connectivity index (χ3n) is 8.02. The summed E-state index contributed by atoms with van der Waals surface area (Å²) < 4.78 is 13.7. The topological polar surface area (TPSA) is 90.3 Å². The molecular weight excluding hydrogens is 630 g/mol. The molecule has 0 radical (unpaired) electrons. The smallest absolute Gasteiger partial charge is 0.255 e. The molecule has 1 aliphatic rings. The molecule has 0 saturated heterocycles. The average molecular weight is 666 g/mol. The number of aromatic nitrogens is 3. The largest absolute Gasteiger partial charge is 0.493 e. The van der Waals surface area contributed by atoms with Crippen molar-refractivity contribution in [2.75, 3.05) is 24.4 Å². The minimum absolute atomic E-state index is 0.236. The Labute approximate surface area is 284 Å². The Morgan fingerprint density at radius 2 is 1.77 bits per heavy atom. The fraction of sp³-hybridized carbons (Fsp3) is 0.216. The minimum Gasteiger partial charge on any atom is -0.493 e. The second-order valence-corrected chi connectivity index (χ2v) is 12.7. The van der Waals surface area contributed by atoms with Crippen molar-refractivity contribution in [2.24, 2.45) is 0 Å². The number of hydrogen-bond acceptors (Lipinski definition) is 7. The Balaban J connectivity index is 1.33. The van der Waals surface area contributed by atoms with E-state index in [2.05, 4.69) is 22.8 Å². The third-order valence-corrected chi connectivity index (χ3v) is 9.27. The molecule has 240 valence electrons. The Kier molecular flexibility index (Phi) is 9.84. The number of allylic oxidation sites excluding steroid dienone is 1. The molecule has 0 aliphatic carbocycles. The molecule has 1 aromatic heterocycles. The fourth-order valence-corrected chi connectivity index (χ4v) is 6.71. The number of nitrogens with one attached hydrogen (secondary N) is 2. The number of hydrogen-bond donors (Lipinski definition) is 2. The number of carbonyl (C=O) groups is 1.